The SMILES string of the molecule is CC(C)(C)OC(=O)N1CCC2(CC1)C[C@@H](I)CN2Cc1ccccc1. The van der Waals surface area contributed by atoms with Gasteiger partial charge in [-0.05, 0) is 45.6 Å². The molecular formula is C20H29IN2O2. The number of carbonyl (C=O) groups excluding carboxylic acids is 1. The van der Waals surface area contributed by atoms with Crippen molar-refractivity contribution >= 4 is 28.7 Å². The highest BCUT2D eigenvalue weighted by atomic mass is 127. The summed E-state index contributed by atoms with van der Waals surface area (Å²) in [4.78, 5) is 16.9. The lowest BCUT2D eigenvalue weighted by molar-refractivity contribution is 0.00166. The molecule has 0 N–H and O–H groups in total. The van der Waals surface area contributed by atoms with Crippen LogP contribution in [0, 0.1) is 0 Å². The summed E-state index contributed by atoms with van der Waals surface area (Å²) in [5.41, 5.74) is 1.19. The number of hydrogen-bond acceptors (Lipinski definition) is 3. The average Bonchev–Trinajstić information content (AvgIpc) is 2.82. The van der Waals surface area contributed by atoms with Crippen LogP contribution in [0.3, 0.4) is 0 Å². The van der Waals surface area contributed by atoms with Gasteiger partial charge in [0.2, 0.25) is 0 Å². The second-order valence-corrected chi connectivity index (χ2v) is 10.1. The first-order chi connectivity index (χ1) is 11.8. The Kier molecular flexibility index (Phi) is 5.63. The van der Waals surface area contributed by atoms with Crippen LogP contribution >= 0.6 is 22.6 Å². The summed E-state index contributed by atoms with van der Waals surface area (Å²) < 4.78 is 6.23. The van der Waals surface area contributed by atoms with E-state index in [9.17, 15) is 4.79 Å². The minimum absolute atomic E-state index is 0.166. The minimum atomic E-state index is -0.424. The van der Waals surface area contributed by atoms with Gasteiger partial charge in [-0.2, -0.15) is 0 Å². The van der Waals surface area contributed by atoms with E-state index in [1.807, 2.05) is 25.7 Å². The Balaban J connectivity index is 1.64. The summed E-state index contributed by atoms with van der Waals surface area (Å²) in [7, 11) is 0. The molecule has 2 fully saturated rings. The van der Waals surface area contributed by atoms with Crippen LogP contribution < -0.4 is 0 Å². The van der Waals surface area contributed by atoms with Crippen LogP contribution in [0.4, 0.5) is 4.79 Å². The maximum Gasteiger partial charge on any atom is 0.410 e. The molecule has 0 aliphatic carbocycles. The van der Waals surface area contributed by atoms with Crippen molar-refractivity contribution in [2.45, 2.75) is 61.6 Å². The highest BCUT2D eigenvalue weighted by Crippen LogP contribution is 2.42. The Morgan fingerprint density at radius 3 is 2.48 bits per heavy atom. The standard InChI is InChI=1S/C20H29IN2O2/c1-19(2,3)25-18(24)22-11-9-20(10-12-22)13-17(21)15-23(20)14-16-7-5-4-6-8-16/h4-8,17H,9-15H2,1-3H3/t17-/m1/s1. The molecule has 3 rings (SSSR count). The molecule has 0 saturated carbocycles. The van der Waals surface area contributed by atoms with Crippen molar-refractivity contribution in [1.82, 2.24) is 9.80 Å². The quantitative estimate of drug-likeness (QED) is 0.487. The van der Waals surface area contributed by atoms with Gasteiger partial charge in [-0.15, -0.1) is 0 Å². The molecule has 25 heavy (non-hydrogen) atoms. The summed E-state index contributed by atoms with van der Waals surface area (Å²) in [6.45, 7) is 9.52. The lowest BCUT2D eigenvalue weighted by Gasteiger charge is -2.45. The third-order valence-electron chi connectivity index (χ3n) is 5.25. The number of ether oxygens (including phenoxy) is 1. The van der Waals surface area contributed by atoms with E-state index < -0.39 is 5.60 Å². The molecule has 1 amide bonds. The highest BCUT2D eigenvalue weighted by molar-refractivity contribution is 14.1. The molecule has 1 atom stereocenters. The first-order valence-corrected chi connectivity index (χ1v) is 10.4. The largest absolute Gasteiger partial charge is 0.444 e. The number of carbonyl (C=O) groups is 1. The van der Waals surface area contributed by atoms with E-state index in [0.29, 0.717) is 3.92 Å². The maximum absolute atomic E-state index is 12.3. The third-order valence-corrected chi connectivity index (χ3v) is 6.09. The van der Waals surface area contributed by atoms with Gasteiger partial charge in [-0.3, -0.25) is 4.90 Å². The first kappa shape index (κ1) is 19.0. The predicted octanol–water partition coefficient (Wildman–Crippen LogP) is 4.47. The number of benzene rings is 1. The van der Waals surface area contributed by atoms with E-state index in [4.69, 9.17) is 4.74 Å². The van der Waals surface area contributed by atoms with Gasteiger partial charge in [0.1, 0.15) is 5.60 Å². The molecule has 0 aromatic heterocycles. The molecule has 1 aromatic carbocycles. The molecular weight excluding hydrogens is 427 g/mol. The zero-order valence-corrected chi connectivity index (χ0v) is 17.7. The zero-order chi connectivity index (χ0) is 18.1. The first-order valence-electron chi connectivity index (χ1n) is 9.18. The number of alkyl halides is 1. The van der Waals surface area contributed by atoms with E-state index in [-0.39, 0.29) is 11.6 Å². The second kappa shape index (κ2) is 7.43. The summed E-state index contributed by atoms with van der Waals surface area (Å²) >= 11 is 2.59. The maximum atomic E-state index is 12.3. The van der Waals surface area contributed by atoms with Gasteiger partial charge in [0.15, 0.2) is 0 Å². The molecule has 4 nitrogen and oxygen atoms in total. The number of piperidine rings is 1. The minimum Gasteiger partial charge on any atom is -0.444 e. The smallest absolute Gasteiger partial charge is 0.410 e. The Labute approximate surface area is 165 Å². The second-order valence-electron chi connectivity index (χ2n) is 8.36. The van der Waals surface area contributed by atoms with Crippen LogP contribution in [-0.4, -0.2) is 50.6 Å². The molecule has 0 radical (unpaired) electrons. The zero-order valence-electron chi connectivity index (χ0n) is 15.5. The number of halogens is 1. The van der Waals surface area contributed by atoms with E-state index in [1.54, 1.807) is 0 Å². The van der Waals surface area contributed by atoms with E-state index in [1.165, 1.54) is 12.0 Å². The van der Waals surface area contributed by atoms with Crippen molar-refractivity contribution in [3.63, 3.8) is 0 Å². The molecule has 2 aliphatic heterocycles. The molecule has 1 aromatic rings. The van der Waals surface area contributed by atoms with Gasteiger partial charge < -0.3 is 9.64 Å². The van der Waals surface area contributed by atoms with E-state index in [2.05, 4.69) is 57.8 Å². The van der Waals surface area contributed by atoms with E-state index in [0.717, 1.165) is 39.0 Å². The van der Waals surface area contributed by atoms with Crippen molar-refractivity contribution < 1.29 is 9.53 Å². The van der Waals surface area contributed by atoms with Crippen LogP contribution in [0.5, 0.6) is 0 Å². The van der Waals surface area contributed by atoms with Gasteiger partial charge in [0, 0.05) is 35.6 Å². The molecule has 2 saturated heterocycles. The van der Waals surface area contributed by atoms with Crippen molar-refractivity contribution in [3.8, 4) is 0 Å². The number of rotatable bonds is 2. The molecule has 1 spiro atoms. The van der Waals surface area contributed by atoms with Crippen LogP contribution in [0.15, 0.2) is 30.3 Å². The van der Waals surface area contributed by atoms with Crippen molar-refractivity contribution in [2.24, 2.45) is 0 Å². The number of hydrogen-bond donors (Lipinski definition) is 0. The lowest BCUT2D eigenvalue weighted by atomic mass is 9.85. The Hall–Kier alpha value is -0.820. The molecule has 2 heterocycles. The number of likely N-dealkylation sites (tertiary alicyclic amines) is 2. The molecule has 0 unspecified atom stereocenters. The molecule has 5 heteroatoms. The monoisotopic (exact) mass is 456 g/mol. The van der Waals surface area contributed by atoms with Crippen molar-refractivity contribution in [1.29, 1.82) is 0 Å². The topological polar surface area (TPSA) is 32.8 Å². The Bertz CT molecular complexity index is 591. The third kappa shape index (κ3) is 4.67. The summed E-state index contributed by atoms with van der Waals surface area (Å²) in [6, 6.07) is 10.7. The van der Waals surface area contributed by atoms with Crippen LogP contribution in [-0.2, 0) is 11.3 Å². The number of nitrogens with zero attached hydrogens (tertiary/aromatic N) is 2. The fourth-order valence-corrected chi connectivity index (χ4v) is 5.32. The highest BCUT2D eigenvalue weighted by Gasteiger charge is 2.47. The van der Waals surface area contributed by atoms with Gasteiger partial charge in [0.05, 0.1) is 0 Å². The van der Waals surface area contributed by atoms with Gasteiger partial charge in [0.25, 0.3) is 0 Å². The van der Waals surface area contributed by atoms with Crippen molar-refractivity contribution in [3.05, 3.63) is 35.9 Å². The average molecular weight is 456 g/mol. The van der Waals surface area contributed by atoms with E-state index >= 15 is 0 Å². The summed E-state index contributed by atoms with van der Waals surface area (Å²) in [5.74, 6) is 0. The fourth-order valence-electron chi connectivity index (χ4n) is 4.03. The molecule has 0 bridgehead atoms. The number of amides is 1. The van der Waals surface area contributed by atoms with Crippen LogP contribution in [0.25, 0.3) is 0 Å². The van der Waals surface area contributed by atoms with Crippen LogP contribution in [0.2, 0.25) is 0 Å². The van der Waals surface area contributed by atoms with Gasteiger partial charge in [-0.1, -0.05) is 52.9 Å². The molecule has 2 aliphatic rings. The normalized spacial score (nSPS) is 23.8. The Morgan fingerprint density at radius 2 is 1.88 bits per heavy atom. The predicted molar refractivity (Wildman–Crippen MR) is 109 cm³/mol. The Morgan fingerprint density at radius 1 is 1.24 bits per heavy atom. The lowest BCUT2D eigenvalue weighted by Crippen LogP contribution is -2.53. The van der Waals surface area contributed by atoms with Crippen molar-refractivity contribution in [2.75, 3.05) is 19.6 Å². The summed E-state index contributed by atoms with van der Waals surface area (Å²) in [5, 5.41) is 0. The fraction of sp³-hybridized carbons (Fsp3) is 0.650. The molecule has 138 valence electrons. The van der Waals surface area contributed by atoms with Crippen LogP contribution in [0.1, 0.15) is 45.6 Å². The summed E-state index contributed by atoms with van der Waals surface area (Å²) in [6.07, 6.45) is 3.14. The van der Waals surface area contributed by atoms with Gasteiger partial charge in [-0.25, -0.2) is 4.79 Å². The van der Waals surface area contributed by atoms with Gasteiger partial charge >= 0.3 is 6.09 Å².